The molecule has 0 unspecified atom stereocenters. The molecule has 0 amide bonds. The number of nitrogens with zero attached hydrogens (tertiary/aromatic N) is 1. The van der Waals surface area contributed by atoms with Crippen LogP contribution in [0.4, 0.5) is 0 Å². The molecule has 1 heterocycles. The summed E-state index contributed by atoms with van der Waals surface area (Å²) < 4.78 is 10.6. The number of rotatable bonds is 6. The first-order chi connectivity index (χ1) is 8.85. The van der Waals surface area contributed by atoms with Crippen molar-refractivity contribution in [3.63, 3.8) is 0 Å². The van der Waals surface area contributed by atoms with Crippen molar-refractivity contribution in [2.75, 3.05) is 20.3 Å². The van der Waals surface area contributed by atoms with E-state index in [1.807, 2.05) is 30.3 Å². The van der Waals surface area contributed by atoms with Crippen LogP contribution in [-0.4, -0.2) is 30.4 Å². The Labute approximate surface area is 106 Å². The lowest BCUT2D eigenvalue weighted by Gasteiger charge is -2.09. The molecular weight excluding hydrogens is 230 g/mol. The van der Waals surface area contributed by atoms with Gasteiger partial charge in [0.1, 0.15) is 0 Å². The minimum absolute atomic E-state index is 0.0841. The zero-order chi connectivity index (χ0) is 12.8. The smallest absolute Gasteiger partial charge is 0.221 e. The van der Waals surface area contributed by atoms with Gasteiger partial charge in [0.25, 0.3) is 0 Å². The van der Waals surface area contributed by atoms with Crippen molar-refractivity contribution < 1.29 is 14.6 Å². The minimum Gasteiger partial charge on any atom is -0.477 e. The van der Waals surface area contributed by atoms with Crippen LogP contribution in [0.1, 0.15) is 12.1 Å². The SMILES string of the molecule is COCCCOc1nc(CO)cc2ccccc12. The Morgan fingerprint density at radius 2 is 2.06 bits per heavy atom. The van der Waals surface area contributed by atoms with Crippen molar-refractivity contribution in [3.05, 3.63) is 36.0 Å². The first kappa shape index (κ1) is 12.8. The molecule has 0 atom stereocenters. The molecule has 1 aromatic heterocycles. The Balaban J connectivity index is 2.23. The van der Waals surface area contributed by atoms with E-state index in [9.17, 15) is 5.11 Å². The van der Waals surface area contributed by atoms with E-state index in [1.54, 1.807) is 7.11 Å². The van der Waals surface area contributed by atoms with Gasteiger partial charge in [0.15, 0.2) is 0 Å². The summed E-state index contributed by atoms with van der Waals surface area (Å²) >= 11 is 0. The average molecular weight is 247 g/mol. The third-order valence-corrected chi connectivity index (χ3v) is 2.65. The second-order valence-corrected chi connectivity index (χ2v) is 3.99. The Bertz CT molecular complexity index is 513. The minimum atomic E-state index is -0.0841. The Morgan fingerprint density at radius 1 is 1.22 bits per heavy atom. The van der Waals surface area contributed by atoms with Gasteiger partial charge < -0.3 is 14.6 Å². The second kappa shape index (κ2) is 6.33. The van der Waals surface area contributed by atoms with Crippen molar-refractivity contribution in [1.82, 2.24) is 4.98 Å². The van der Waals surface area contributed by atoms with E-state index in [0.29, 0.717) is 24.8 Å². The zero-order valence-electron chi connectivity index (χ0n) is 10.4. The number of aromatic nitrogens is 1. The van der Waals surface area contributed by atoms with Crippen LogP contribution in [0.3, 0.4) is 0 Å². The van der Waals surface area contributed by atoms with E-state index in [2.05, 4.69) is 4.98 Å². The van der Waals surface area contributed by atoms with E-state index in [-0.39, 0.29) is 6.61 Å². The first-order valence-corrected chi connectivity index (χ1v) is 5.96. The third-order valence-electron chi connectivity index (χ3n) is 2.65. The van der Waals surface area contributed by atoms with Gasteiger partial charge in [-0.1, -0.05) is 18.2 Å². The Kier molecular flexibility index (Phi) is 4.50. The fourth-order valence-corrected chi connectivity index (χ4v) is 1.78. The number of hydrogen-bond donors (Lipinski definition) is 1. The fourth-order valence-electron chi connectivity index (χ4n) is 1.78. The highest BCUT2D eigenvalue weighted by Crippen LogP contribution is 2.24. The van der Waals surface area contributed by atoms with Crippen molar-refractivity contribution in [3.8, 4) is 5.88 Å². The number of aliphatic hydroxyl groups is 1. The third kappa shape index (κ3) is 2.97. The van der Waals surface area contributed by atoms with Gasteiger partial charge in [-0.25, -0.2) is 4.98 Å². The number of fused-ring (bicyclic) bond motifs is 1. The van der Waals surface area contributed by atoms with Gasteiger partial charge in [-0.15, -0.1) is 0 Å². The molecule has 0 aliphatic heterocycles. The second-order valence-electron chi connectivity index (χ2n) is 3.99. The fraction of sp³-hybridized carbons (Fsp3) is 0.357. The molecule has 4 heteroatoms. The first-order valence-electron chi connectivity index (χ1n) is 5.96. The van der Waals surface area contributed by atoms with E-state index in [1.165, 1.54) is 0 Å². The maximum Gasteiger partial charge on any atom is 0.221 e. The van der Waals surface area contributed by atoms with Crippen LogP contribution < -0.4 is 4.74 Å². The summed E-state index contributed by atoms with van der Waals surface area (Å²) in [6, 6.07) is 9.73. The molecule has 0 saturated carbocycles. The van der Waals surface area contributed by atoms with Gasteiger partial charge in [-0.2, -0.15) is 0 Å². The standard InChI is InChI=1S/C14H17NO3/c1-17-7-4-8-18-14-13-6-3-2-5-11(13)9-12(10-16)15-14/h2-3,5-6,9,16H,4,7-8,10H2,1H3. The van der Waals surface area contributed by atoms with Crippen molar-refractivity contribution in [2.24, 2.45) is 0 Å². The predicted molar refractivity (Wildman–Crippen MR) is 69.7 cm³/mol. The summed E-state index contributed by atoms with van der Waals surface area (Å²) in [6.45, 7) is 1.14. The van der Waals surface area contributed by atoms with Crippen LogP contribution in [0, 0.1) is 0 Å². The molecular formula is C14H17NO3. The van der Waals surface area contributed by atoms with Crippen LogP contribution >= 0.6 is 0 Å². The van der Waals surface area contributed by atoms with E-state index >= 15 is 0 Å². The molecule has 0 aliphatic rings. The molecule has 2 rings (SSSR count). The molecule has 0 saturated heterocycles. The van der Waals surface area contributed by atoms with Gasteiger partial charge in [-0.05, 0) is 17.5 Å². The lowest BCUT2D eigenvalue weighted by atomic mass is 10.1. The highest BCUT2D eigenvalue weighted by atomic mass is 16.5. The van der Waals surface area contributed by atoms with Crippen LogP contribution in [0.2, 0.25) is 0 Å². The number of ether oxygens (including phenoxy) is 2. The predicted octanol–water partition coefficient (Wildman–Crippen LogP) is 2.14. The van der Waals surface area contributed by atoms with Gasteiger partial charge in [0.2, 0.25) is 5.88 Å². The molecule has 0 spiro atoms. The normalized spacial score (nSPS) is 10.8. The summed E-state index contributed by atoms with van der Waals surface area (Å²) in [7, 11) is 1.67. The lowest BCUT2D eigenvalue weighted by molar-refractivity contribution is 0.171. The molecule has 4 nitrogen and oxygen atoms in total. The van der Waals surface area contributed by atoms with Crippen LogP contribution in [-0.2, 0) is 11.3 Å². The van der Waals surface area contributed by atoms with Crippen molar-refractivity contribution in [2.45, 2.75) is 13.0 Å². The highest BCUT2D eigenvalue weighted by Gasteiger charge is 2.06. The number of benzene rings is 1. The summed E-state index contributed by atoms with van der Waals surface area (Å²) in [4.78, 5) is 4.30. The van der Waals surface area contributed by atoms with Crippen molar-refractivity contribution >= 4 is 10.8 Å². The zero-order valence-corrected chi connectivity index (χ0v) is 10.4. The Morgan fingerprint density at radius 3 is 2.83 bits per heavy atom. The van der Waals surface area contributed by atoms with Crippen LogP contribution in [0.25, 0.3) is 10.8 Å². The maximum atomic E-state index is 9.19. The maximum absolute atomic E-state index is 9.19. The molecule has 1 aromatic carbocycles. The number of hydrogen-bond acceptors (Lipinski definition) is 4. The molecule has 0 radical (unpaired) electrons. The molecule has 1 N–H and O–H groups in total. The summed E-state index contributed by atoms with van der Waals surface area (Å²) in [5, 5.41) is 11.2. The molecule has 0 aliphatic carbocycles. The largest absolute Gasteiger partial charge is 0.477 e. The average Bonchev–Trinajstić information content (AvgIpc) is 2.43. The topological polar surface area (TPSA) is 51.6 Å². The molecule has 0 fully saturated rings. The van der Waals surface area contributed by atoms with Gasteiger partial charge in [-0.3, -0.25) is 0 Å². The quantitative estimate of drug-likeness (QED) is 0.795. The van der Waals surface area contributed by atoms with E-state index < -0.39 is 0 Å². The summed E-state index contributed by atoms with van der Waals surface area (Å²) in [5.41, 5.74) is 0.621. The molecule has 18 heavy (non-hydrogen) atoms. The number of methoxy groups -OCH3 is 1. The number of aliphatic hydroxyl groups excluding tert-OH is 1. The molecule has 2 aromatic rings. The molecule has 0 bridgehead atoms. The number of pyridine rings is 1. The summed E-state index contributed by atoms with van der Waals surface area (Å²) in [5.74, 6) is 0.577. The van der Waals surface area contributed by atoms with E-state index in [0.717, 1.165) is 17.2 Å². The van der Waals surface area contributed by atoms with E-state index in [4.69, 9.17) is 9.47 Å². The van der Waals surface area contributed by atoms with Crippen molar-refractivity contribution in [1.29, 1.82) is 0 Å². The van der Waals surface area contributed by atoms with Crippen LogP contribution in [0.15, 0.2) is 30.3 Å². The lowest BCUT2D eigenvalue weighted by Crippen LogP contribution is -2.04. The van der Waals surface area contributed by atoms with Gasteiger partial charge >= 0.3 is 0 Å². The molecule has 96 valence electrons. The van der Waals surface area contributed by atoms with Gasteiger partial charge in [0, 0.05) is 25.5 Å². The van der Waals surface area contributed by atoms with Crippen LogP contribution in [0.5, 0.6) is 5.88 Å². The monoisotopic (exact) mass is 247 g/mol. The summed E-state index contributed by atoms with van der Waals surface area (Å²) in [6.07, 6.45) is 0.815. The highest BCUT2D eigenvalue weighted by molar-refractivity contribution is 5.87. The Hall–Kier alpha value is -1.65. The van der Waals surface area contributed by atoms with Gasteiger partial charge in [0.05, 0.1) is 18.9 Å².